The van der Waals surface area contributed by atoms with Gasteiger partial charge in [-0.1, -0.05) is 11.2 Å². The fraction of sp³-hybridized carbons (Fsp3) is 0.231. The summed E-state index contributed by atoms with van der Waals surface area (Å²) in [5, 5.41) is 12.7. The van der Waals surface area contributed by atoms with Crippen molar-refractivity contribution < 1.29 is 23.9 Å². The molecule has 1 aromatic heterocycles. The molecule has 6 heteroatoms. The summed E-state index contributed by atoms with van der Waals surface area (Å²) in [4.78, 5) is 10.8. The average Bonchev–Trinajstić information content (AvgIpc) is 3.06. The molecule has 0 radical (unpaired) electrons. The fourth-order valence-corrected chi connectivity index (χ4v) is 2.18. The lowest BCUT2D eigenvalue weighted by Gasteiger charge is -2.09. The van der Waals surface area contributed by atoms with E-state index in [4.69, 9.17) is 19.1 Å². The molecule has 98 valence electrons. The first-order valence-electron chi connectivity index (χ1n) is 5.67. The quantitative estimate of drug-likeness (QED) is 0.910. The maximum atomic E-state index is 10.8. The van der Waals surface area contributed by atoms with Crippen LogP contribution >= 0.6 is 0 Å². The Labute approximate surface area is 108 Å². The molecular weight excluding hydrogens is 250 g/mol. The van der Waals surface area contributed by atoms with Gasteiger partial charge in [0.05, 0.1) is 25.9 Å². The second kappa shape index (κ2) is 4.40. The van der Waals surface area contributed by atoms with Gasteiger partial charge in [0.25, 0.3) is 0 Å². The number of carbonyl (C=O) groups is 1. The van der Waals surface area contributed by atoms with Gasteiger partial charge in [-0.3, -0.25) is 0 Å². The standard InChI is InChI=1S/C13H11NO5/c1-17-10-3-2-7-5-18-6-8(7)12(10)9-4-11(13(15)16)19-14-9/h2-4H,5-6H2,1H3,(H,15,16). The molecule has 0 spiro atoms. The number of ether oxygens (including phenoxy) is 2. The lowest BCUT2D eigenvalue weighted by Crippen LogP contribution is -1.95. The van der Waals surface area contributed by atoms with E-state index in [1.54, 1.807) is 7.11 Å². The van der Waals surface area contributed by atoms with E-state index in [1.807, 2.05) is 12.1 Å². The van der Waals surface area contributed by atoms with Gasteiger partial charge in [0.2, 0.25) is 5.76 Å². The number of benzene rings is 1. The number of hydrogen-bond acceptors (Lipinski definition) is 5. The minimum absolute atomic E-state index is 0.200. The van der Waals surface area contributed by atoms with Crippen molar-refractivity contribution in [3.8, 4) is 17.0 Å². The van der Waals surface area contributed by atoms with Gasteiger partial charge in [-0.05, 0) is 17.2 Å². The van der Waals surface area contributed by atoms with Crippen LogP contribution in [0.2, 0.25) is 0 Å². The van der Waals surface area contributed by atoms with Crippen molar-refractivity contribution in [1.82, 2.24) is 5.16 Å². The van der Waals surface area contributed by atoms with Gasteiger partial charge in [0.15, 0.2) is 0 Å². The first kappa shape index (κ1) is 11.7. The van der Waals surface area contributed by atoms with Gasteiger partial charge >= 0.3 is 5.97 Å². The van der Waals surface area contributed by atoms with Crippen LogP contribution in [0.15, 0.2) is 22.7 Å². The minimum Gasteiger partial charge on any atom is -0.496 e. The van der Waals surface area contributed by atoms with Crippen LogP contribution in [0.1, 0.15) is 21.7 Å². The van der Waals surface area contributed by atoms with E-state index in [0.29, 0.717) is 24.7 Å². The molecule has 0 saturated heterocycles. The molecule has 1 aliphatic rings. The summed E-state index contributed by atoms with van der Waals surface area (Å²) >= 11 is 0. The molecule has 0 aliphatic carbocycles. The van der Waals surface area contributed by atoms with E-state index in [1.165, 1.54) is 6.07 Å². The maximum Gasteiger partial charge on any atom is 0.374 e. The fourth-order valence-electron chi connectivity index (χ4n) is 2.18. The third kappa shape index (κ3) is 1.86. The van der Waals surface area contributed by atoms with E-state index in [0.717, 1.165) is 16.7 Å². The van der Waals surface area contributed by atoms with Crippen molar-refractivity contribution in [2.45, 2.75) is 13.2 Å². The highest BCUT2D eigenvalue weighted by atomic mass is 16.5. The second-order valence-corrected chi connectivity index (χ2v) is 4.15. The Hall–Kier alpha value is -2.34. The highest BCUT2D eigenvalue weighted by molar-refractivity contribution is 5.86. The summed E-state index contributed by atoms with van der Waals surface area (Å²) in [6, 6.07) is 5.14. The van der Waals surface area contributed by atoms with Gasteiger partial charge in [0, 0.05) is 6.07 Å². The largest absolute Gasteiger partial charge is 0.496 e. The Balaban J connectivity index is 2.17. The van der Waals surface area contributed by atoms with Gasteiger partial charge in [0.1, 0.15) is 11.4 Å². The first-order valence-corrected chi connectivity index (χ1v) is 5.67. The number of methoxy groups -OCH3 is 1. The first-order chi connectivity index (χ1) is 9.20. The third-order valence-corrected chi connectivity index (χ3v) is 3.07. The Bertz CT molecular complexity index is 646. The summed E-state index contributed by atoms with van der Waals surface area (Å²) in [6.45, 7) is 0.993. The van der Waals surface area contributed by atoms with E-state index < -0.39 is 5.97 Å². The predicted octanol–water partition coefficient (Wildman–Crippen LogP) is 2.08. The van der Waals surface area contributed by atoms with Crippen LogP contribution in [0.3, 0.4) is 0 Å². The molecule has 0 fully saturated rings. The Morgan fingerprint density at radius 1 is 1.42 bits per heavy atom. The van der Waals surface area contributed by atoms with Crippen LogP contribution in [0.5, 0.6) is 5.75 Å². The molecule has 0 amide bonds. The van der Waals surface area contributed by atoms with Crippen LogP contribution in [0.4, 0.5) is 0 Å². The molecule has 6 nitrogen and oxygen atoms in total. The molecule has 1 N–H and O–H groups in total. The Morgan fingerprint density at radius 3 is 2.95 bits per heavy atom. The molecule has 19 heavy (non-hydrogen) atoms. The van der Waals surface area contributed by atoms with Gasteiger partial charge < -0.3 is 19.1 Å². The molecule has 0 saturated carbocycles. The van der Waals surface area contributed by atoms with Crippen LogP contribution < -0.4 is 4.74 Å². The molecule has 3 rings (SSSR count). The summed E-state index contributed by atoms with van der Waals surface area (Å²) < 4.78 is 15.5. The number of rotatable bonds is 3. The van der Waals surface area contributed by atoms with E-state index in [-0.39, 0.29) is 5.76 Å². The van der Waals surface area contributed by atoms with Crippen molar-refractivity contribution in [2.75, 3.05) is 7.11 Å². The molecule has 0 bridgehead atoms. The SMILES string of the molecule is COc1ccc2c(c1-c1cc(C(=O)O)on1)COC2. The molecule has 2 heterocycles. The minimum atomic E-state index is -1.15. The smallest absolute Gasteiger partial charge is 0.374 e. The number of aromatic carboxylic acids is 1. The van der Waals surface area contributed by atoms with Crippen molar-refractivity contribution in [3.63, 3.8) is 0 Å². The summed E-state index contributed by atoms with van der Waals surface area (Å²) in [5.41, 5.74) is 3.19. The molecule has 1 aromatic carbocycles. The zero-order valence-electron chi connectivity index (χ0n) is 10.2. The van der Waals surface area contributed by atoms with Crippen LogP contribution in [-0.2, 0) is 18.0 Å². The van der Waals surface area contributed by atoms with Crippen molar-refractivity contribution >= 4 is 5.97 Å². The monoisotopic (exact) mass is 261 g/mol. The van der Waals surface area contributed by atoms with Gasteiger partial charge in [-0.15, -0.1) is 0 Å². The zero-order valence-corrected chi connectivity index (χ0v) is 10.2. The number of nitrogens with zero attached hydrogens (tertiary/aromatic N) is 1. The number of fused-ring (bicyclic) bond motifs is 1. The summed E-state index contributed by atoms with van der Waals surface area (Å²) in [5.74, 6) is -0.732. The van der Waals surface area contributed by atoms with Crippen LogP contribution in [-0.4, -0.2) is 23.3 Å². The molecule has 2 aromatic rings. The van der Waals surface area contributed by atoms with E-state index >= 15 is 0 Å². The molecule has 0 atom stereocenters. The summed E-state index contributed by atoms with van der Waals surface area (Å²) in [7, 11) is 1.55. The van der Waals surface area contributed by atoms with Crippen LogP contribution in [0, 0.1) is 0 Å². The topological polar surface area (TPSA) is 81.8 Å². The normalized spacial score (nSPS) is 13.3. The van der Waals surface area contributed by atoms with E-state index in [9.17, 15) is 4.79 Å². The highest BCUT2D eigenvalue weighted by Gasteiger charge is 2.23. The lowest BCUT2D eigenvalue weighted by molar-refractivity contribution is 0.0652. The number of hydrogen-bond donors (Lipinski definition) is 1. The maximum absolute atomic E-state index is 10.8. The Morgan fingerprint density at radius 2 is 2.26 bits per heavy atom. The predicted molar refractivity (Wildman–Crippen MR) is 63.9 cm³/mol. The van der Waals surface area contributed by atoms with Crippen molar-refractivity contribution in [3.05, 3.63) is 35.1 Å². The van der Waals surface area contributed by atoms with Crippen molar-refractivity contribution in [2.24, 2.45) is 0 Å². The van der Waals surface area contributed by atoms with Gasteiger partial charge in [-0.2, -0.15) is 0 Å². The number of aromatic nitrogens is 1. The molecular formula is C13H11NO5. The third-order valence-electron chi connectivity index (χ3n) is 3.07. The highest BCUT2D eigenvalue weighted by Crippen LogP contribution is 2.38. The summed E-state index contributed by atoms with van der Waals surface area (Å²) in [6.07, 6.45) is 0. The van der Waals surface area contributed by atoms with Gasteiger partial charge in [-0.25, -0.2) is 4.79 Å². The molecule has 1 aliphatic heterocycles. The average molecular weight is 261 g/mol. The number of carboxylic acid groups (broad SMARTS) is 1. The lowest BCUT2D eigenvalue weighted by atomic mass is 9.99. The molecule has 0 unspecified atom stereocenters. The Kier molecular flexibility index (Phi) is 2.72. The zero-order chi connectivity index (χ0) is 13.4. The second-order valence-electron chi connectivity index (χ2n) is 4.15. The van der Waals surface area contributed by atoms with Crippen LogP contribution in [0.25, 0.3) is 11.3 Å². The number of carboxylic acids is 1. The van der Waals surface area contributed by atoms with Crippen molar-refractivity contribution in [1.29, 1.82) is 0 Å². The van der Waals surface area contributed by atoms with E-state index in [2.05, 4.69) is 5.16 Å².